The monoisotopic (exact) mass is 453 g/mol. The number of rotatable bonds is 7. The van der Waals surface area contributed by atoms with Crippen LogP contribution >= 0.6 is 23.1 Å². The van der Waals surface area contributed by atoms with Crippen molar-refractivity contribution in [3.05, 3.63) is 59.6 Å². The molecule has 1 amide bonds. The third-order valence-electron chi connectivity index (χ3n) is 4.44. The van der Waals surface area contributed by atoms with Crippen molar-refractivity contribution in [2.24, 2.45) is 0 Å². The van der Waals surface area contributed by atoms with Crippen LogP contribution in [0, 0.1) is 6.92 Å². The van der Waals surface area contributed by atoms with Gasteiger partial charge in [0.1, 0.15) is 11.5 Å². The van der Waals surface area contributed by atoms with Gasteiger partial charge in [0.25, 0.3) is 0 Å². The van der Waals surface area contributed by atoms with Crippen molar-refractivity contribution in [3.8, 4) is 0 Å². The zero-order valence-corrected chi connectivity index (χ0v) is 18.5. The third kappa shape index (κ3) is 4.30. The van der Waals surface area contributed by atoms with Gasteiger partial charge in [0.05, 0.1) is 16.5 Å². The Morgan fingerprint density at radius 3 is 2.90 bits per heavy atom. The molecule has 1 atom stereocenters. The Kier molecular flexibility index (Phi) is 6.01. The number of esters is 1. The van der Waals surface area contributed by atoms with Gasteiger partial charge in [-0.3, -0.25) is 9.20 Å². The summed E-state index contributed by atoms with van der Waals surface area (Å²) in [5.74, 6) is -0.735. The van der Waals surface area contributed by atoms with Gasteiger partial charge >= 0.3 is 5.97 Å². The summed E-state index contributed by atoms with van der Waals surface area (Å²) in [5.41, 5.74) is 2.19. The molecule has 1 unspecified atom stereocenters. The summed E-state index contributed by atoms with van der Waals surface area (Å²) >= 11 is 2.38. The molecule has 1 aromatic carbocycles. The van der Waals surface area contributed by atoms with E-state index < -0.39 is 11.2 Å². The fourth-order valence-corrected chi connectivity index (χ4v) is 4.68. The van der Waals surface area contributed by atoms with Gasteiger partial charge in [-0.05, 0) is 37.4 Å². The molecule has 3 heterocycles. The maximum atomic E-state index is 12.7. The van der Waals surface area contributed by atoms with Gasteiger partial charge in [0.15, 0.2) is 15.9 Å². The number of hydrogen-bond donors (Lipinski definition) is 1. The Morgan fingerprint density at radius 2 is 2.10 bits per heavy atom. The topological polar surface area (TPSA) is 98.5 Å². The molecule has 0 aliphatic rings. The van der Waals surface area contributed by atoms with Crippen LogP contribution in [0.5, 0.6) is 0 Å². The second-order valence-electron chi connectivity index (χ2n) is 6.64. The predicted octanol–water partition coefficient (Wildman–Crippen LogP) is 4.11. The van der Waals surface area contributed by atoms with Crippen LogP contribution in [0.1, 0.15) is 22.3 Å². The lowest BCUT2D eigenvalue weighted by Crippen LogP contribution is -2.22. The highest BCUT2D eigenvalue weighted by Gasteiger charge is 2.22. The molecule has 0 aliphatic heterocycles. The number of ether oxygens (including phenoxy) is 1. The Morgan fingerprint density at radius 1 is 1.29 bits per heavy atom. The number of hydrogen-bond acceptors (Lipinski definition) is 8. The molecular formula is C21H19N5O3S2. The highest BCUT2D eigenvalue weighted by atomic mass is 32.2. The molecule has 4 rings (SSSR count). The van der Waals surface area contributed by atoms with E-state index >= 15 is 0 Å². The number of para-hydroxylation sites is 1. The van der Waals surface area contributed by atoms with E-state index in [2.05, 4.69) is 27.1 Å². The number of fused-ring (bicyclic) bond motifs is 3. The number of carbonyl (C=O) groups is 2. The summed E-state index contributed by atoms with van der Waals surface area (Å²) < 4.78 is 6.98. The van der Waals surface area contributed by atoms with Crippen LogP contribution in [-0.2, 0) is 9.53 Å². The number of thioether (sulfide) groups is 1. The molecule has 158 valence electrons. The average Bonchev–Trinajstić information content (AvgIpc) is 3.35. The van der Waals surface area contributed by atoms with Crippen molar-refractivity contribution in [3.63, 3.8) is 0 Å². The molecule has 0 spiro atoms. The largest absolute Gasteiger partial charge is 0.457 e. The first-order valence-electron chi connectivity index (χ1n) is 9.43. The summed E-state index contributed by atoms with van der Waals surface area (Å²) in [6.07, 6.45) is 1.49. The van der Waals surface area contributed by atoms with Crippen LogP contribution in [-0.4, -0.2) is 43.3 Å². The number of nitrogens with one attached hydrogen (secondary N) is 1. The van der Waals surface area contributed by atoms with Gasteiger partial charge in [-0.15, -0.1) is 10.2 Å². The van der Waals surface area contributed by atoms with Crippen molar-refractivity contribution < 1.29 is 14.3 Å². The van der Waals surface area contributed by atoms with Crippen LogP contribution in [0.25, 0.3) is 16.6 Å². The highest BCUT2D eigenvalue weighted by Crippen LogP contribution is 2.28. The first kappa shape index (κ1) is 21.0. The minimum atomic E-state index is -0.486. The predicted molar refractivity (Wildman–Crippen MR) is 122 cm³/mol. The summed E-state index contributed by atoms with van der Waals surface area (Å²) in [6.45, 7) is 7.12. The Balaban J connectivity index is 1.50. The minimum Gasteiger partial charge on any atom is -0.457 e. The molecule has 4 aromatic rings. The van der Waals surface area contributed by atoms with Crippen molar-refractivity contribution in [2.45, 2.75) is 24.3 Å². The molecule has 0 fully saturated rings. The quantitative estimate of drug-likeness (QED) is 0.255. The van der Waals surface area contributed by atoms with Gasteiger partial charge in [-0.1, -0.05) is 54.0 Å². The van der Waals surface area contributed by atoms with Gasteiger partial charge in [-0.25, -0.2) is 9.78 Å². The molecule has 10 heteroatoms. The van der Waals surface area contributed by atoms with E-state index in [0.29, 0.717) is 26.5 Å². The molecule has 0 radical (unpaired) electrons. The Labute approximate surface area is 186 Å². The average molecular weight is 454 g/mol. The molecule has 0 aliphatic carbocycles. The SMILES string of the molecule is C=CCOC(=O)c1sc(NC(=O)C(C)Sc2nnc3ccc4ccccc4n23)nc1C. The van der Waals surface area contributed by atoms with Crippen molar-refractivity contribution >= 4 is 56.7 Å². The van der Waals surface area contributed by atoms with Crippen LogP contribution in [0.4, 0.5) is 5.13 Å². The van der Waals surface area contributed by atoms with Crippen LogP contribution < -0.4 is 5.32 Å². The number of amides is 1. The number of aryl methyl sites for hydroxylation is 1. The molecule has 1 N–H and O–H groups in total. The van der Waals surface area contributed by atoms with E-state index in [-0.39, 0.29) is 12.5 Å². The Bertz CT molecular complexity index is 1300. The van der Waals surface area contributed by atoms with Crippen LogP contribution in [0.15, 0.2) is 54.2 Å². The molecule has 0 saturated carbocycles. The van der Waals surface area contributed by atoms with Gasteiger partial charge in [-0.2, -0.15) is 0 Å². The van der Waals surface area contributed by atoms with E-state index in [9.17, 15) is 9.59 Å². The van der Waals surface area contributed by atoms with Crippen molar-refractivity contribution in [1.82, 2.24) is 19.6 Å². The molecule has 31 heavy (non-hydrogen) atoms. The normalized spacial score (nSPS) is 12.1. The van der Waals surface area contributed by atoms with E-state index in [1.807, 2.05) is 40.8 Å². The maximum Gasteiger partial charge on any atom is 0.350 e. The molecule has 0 bridgehead atoms. The molecule has 0 saturated heterocycles. The number of aromatic nitrogens is 4. The smallest absolute Gasteiger partial charge is 0.350 e. The number of pyridine rings is 1. The lowest BCUT2D eigenvalue weighted by atomic mass is 10.2. The Hall–Kier alpha value is -3.24. The fraction of sp³-hybridized carbons (Fsp3) is 0.190. The lowest BCUT2D eigenvalue weighted by molar-refractivity contribution is -0.115. The van der Waals surface area contributed by atoms with Crippen molar-refractivity contribution in [1.29, 1.82) is 0 Å². The van der Waals surface area contributed by atoms with Crippen LogP contribution in [0.3, 0.4) is 0 Å². The summed E-state index contributed by atoms with van der Waals surface area (Å²) in [7, 11) is 0. The summed E-state index contributed by atoms with van der Waals surface area (Å²) in [5, 5.41) is 12.8. The van der Waals surface area contributed by atoms with Gasteiger partial charge < -0.3 is 10.1 Å². The van der Waals surface area contributed by atoms with E-state index in [1.54, 1.807) is 13.8 Å². The number of nitrogens with zero attached hydrogens (tertiary/aromatic N) is 4. The molecule has 8 nitrogen and oxygen atoms in total. The number of thiazole rings is 1. The maximum absolute atomic E-state index is 12.7. The minimum absolute atomic E-state index is 0.118. The second kappa shape index (κ2) is 8.86. The van der Waals surface area contributed by atoms with E-state index in [0.717, 1.165) is 22.2 Å². The number of benzene rings is 1. The number of carbonyl (C=O) groups excluding carboxylic acids is 2. The van der Waals surface area contributed by atoms with Crippen molar-refractivity contribution in [2.75, 3.05) is 11.9 Å². The zero-order valence-electron chi connectivity index (χ0n) is 16.9. The van der Waals surface area contributed by atoms with E-state index in [4.69, 9.17) is 4.74 Å². The zero-order chi connectivity index (χ0) is 22.0. The fourth-order valence-electron chi connectivity index (χ4n) is 2.95. The van der Waals surface area contributed by atoms with E-state index in [1.165, 1.54) is 17.8 Å². The standard InChI is InChI=1S/C21H19N5O3S2/c1-4-11-29-19(28)17-12(2)22-20(31-17)23-18(27)13(3)30-21-25-24-16-10-9-14-7-5-6-8-15(14)26(16)21/h4-10,13H,1,11H2,2-3H3,(H,22,23,27). The highest BCUT2D eigenvalue weighted by molar-refractivity contribution is 8.00. The van der Waals surface area contributed by atoms with Crippen LogP contribution in [0.2, 0.25) is 0 Å². The second-order valence-corrected chi connectivity index (χ2v) is 8.95. The first-order valence-corrected chi connectivity index (χ1v) is 11.1. The third-order valence-corrected chi connectivity index (χ3v) is 6.54. The molecule has 3 aromatic heterocycles. The lowest BCUT2D eigenvalue weighted by Gasteiger charge is -2.10. The number of anilines is 1. The van der Waals surface area contributed by atoms with Gasteiger partial charge in [0.2, 0.25) is 5.91 Å². The summed E-state index contributed by atoms with van der Waals surface area (Å²) in [4.78, 5) is 29.4. The summed E-state index contributed by atoms with van der Waals surface area (Å²) in [6, 6.07) is 11.8. The molecular weight excluding hydrogens is 434 g/mol. The first-order chi connectivity index (χ1) is 15.0. The van der Waals surface area contributed by atoms with Gasteiger partial charge in [0, 0.05) is 0 Å².